The molecule has 1 atom stereocenters. The largest absolute Gasteiger partial charge is 0.497 e. The summed E-state index contributed by atoms with van der Waals surface area (Å²) in [5.74, 6) is 0.554. The van der Waals surface area contributed by atoms with Crippen LogP contribution in [0, 0.1) is 0 Å². The fourth-order valence-electron chi connectivity index (χ4n) is 3.66. The van der Waals surface area contributed by atoms with E-state index in [0.717, 1.165) is 28.2 Å². The molecule has 0 aromatic heterocycles. The van der Waals surface area contributed by atoms with Crippen LogP contribution in [-0.2, 0) is 16.2 Å². The van der Waals surface area contributed by atoms with E-state index in [1.807, 2.05) is 60.7 Å². The van der Waals surface area contributed by atoms with Gasteiger partial charge in [-0.25, -0.2) is 0 Å². The van der Waals surface area contributed by atoms with Crippen molar-refractivity contribution in [1.82, 2.24) is 5.32 Å². The van der Waals surface area contributed by atoms with Crippen LogP contribution >= 0.6 is 0 Å². The molecule has 3 aromatic rings. The van der Waals surface area contributed by atoms with E-state index in [4.69, 9.17) is 9.57 Å². The first-order chi connectivity index (χ1) is 14.7. The van der Waals surface area contributed by atoms with Crippen LogP contribution in [0.15, 0.2) is 90.1 Å². The van der Waals surface area contributed by atoms with Crippen LogP contribution in [-0.4, -0.2) is 24.8 Å². The number of nitrogens with zero attached hydrogens (tertiary/aromatic N) is 1. The maximum absolute atomic E-state index is 12.7. The summed E-state index contributed by atoms with van der Waals surface area (Å²) in [6.07, 6.45) is -0.168. The average molecular weight is 400 g/mol. The highest BCUT2D eigenvalue weighted by Crippen LogP contribution is 2.31. The summed E-state index contributed by atoms with van der Waals surface area (Å²) < 4.78 is 5.23. The predicted molar refractivity (Wildman–Crippen MR) is 116 cm³/mol. The number of hydrogen-bond donors (Lipinski definition) is 1. The van der Waals surface area contributed by atoms with Crippen molar-refractivity contribution in [3.63, 3.8) is 0 Å². The second kappa shape index (κ2) is 9.27. The zero-order valence-corrected chi connectivity index (χ0v) is 16.8. The summed E-state index contributed by atoms with van der Waals surface area (Å²) in [5, 5.41) is 7.25. The van der Waals surface area contributed by atoms with Crippen molar-refractivity contribution >= 4 is 11.6 Å². The highest BCUT2D eigenvalue weighted by Gasteiger charge is 2.33. The highest BCUT2D eigenvalue weighted by atomic mass is 16.6. The second-order valence-corrected chi connectivity index (χ2v) is 7.20. The molecule has 152 valence electrons. The lowest BCUT2D eigenvalue weighted by Crippen LogP contribution is -2.34. The molecule has 0 saturated heterocycles. The lowest BCUT2D eigenvalue weighted by Gasteiger charge is -2.17. The van der Waals surface area contributed by atoms with E-state index in [2.05, 4.69) is 34.7 Å². The van der Waals surface area contributed by atoms with Crippen molar-refractivity contribution in [3.05, 3.63) is 102 Å². The number of hydrogen-bond acceptors (Lipinski definition) is 4. The molecule has 1 aliphatic rings. The van der Waals surface area contributed by atoms with Gasteiger partial charge in [-0.3, -0.25) is 4.79 Å². The Morgan fingerprint density at radius 2 is 1.70 bits per heavy atom. The Bertz CT molecular complexity index is 979. The van der Waals surface area contributed by atoms with Gasteiger partial charge in [0.05, 0.1) is 18.7 Å². The molecule has 0 fully saturated rings. The van der Waals surface area contributed by atoms with Gasteiger partial charge in [0.15, 0.2) is 0 Å². The molecular weight excluding hydrogens is 376 g/mol. The van der Waals surface area contributed by atoms with E-state index >= 15 is 0 Å². The van der Waals surface area contributed by atoms with Crippen LogP contribution in [0.25, 0.3) is 0 Å². The number of oxime groups is 1. The SMILES string of the molecule is COc1cccc(CNC(=O)C2CC(C(c3ccccc3)c3ccccc3)=NO2)c1. The van der Waals surface area contributed by atoms with E-state index in [9.17, 15) is 4.79 Å². The van der Waals surface area contributed by atoms with Crippen LogP contribution in [0.4, 0.5) is 0 Å². The van der Waals surface area contributed by atoms with Crippen LogP contribution in [0.5, 0.6) is 5.75 Å². The first-order valence-electron chi connectivity index (χ1n) is 9.97. The molecule has 30 heavy (non-hydrogen) atoms. The summed E-state index contributed by atoms with van der Waals surface area (Å²) in [6, 6.07) is 28.0. The van der Waals surface area contributed by atoms with Crippen molar-refractivity contribution in [2.24, 2.45) is 5.16 Å². The molecule has 1 N–H and O–H groups in total. The molecule has 5 nitrogen and oxygen atoms in total. The molecule has 0 radical (unpaired) electrons. The zero-order chi connectivity index (χ0) is 20.8. The van der Waals surface area contributed by atoms with Crippen LogP contribution in [0.2, 0.25) is 0 Å². The molecule has 0 saturated carbocycles. The van der Waals surface area contributed by atoms with Gasteiger partial charge in [-0.2, -0.15) is 0 Å². The monoisotopic (exact) mass is 400 g/mol. The molecule has 3 aromatic carbocycles. The lowest BCUT2D eigenvalue weighted by atomic mass is 9.85. The van der Waals surface area contributed by atoms with Crippen molar-refractivity contribution in [1.29, 1.82) is 0 Å². The Morgan fingerprint density at radius 1 is 1.03 bits per heavy atom. The molecule has 1 aliphatic heterocycles. The molecule has 1 amide bonds. The van der Waals surface area contributed by atoms with Gasteiger partial charge in [0.2, 0.25) is 6.10 Å². The van der Waals surface area contributed by atoms with Gasteiger partial charge in [-0.05, 0) is 28.8 Å². The summed E-state index contributed by atoms with van der Waals surface area (Å²) >= 11 is 0. The van der Waals surface area contributed by atoms with Crippen molar-refractivity contribution < 1.29 is 14.4 Å². The number of amides is 1. The maximum atomic E-state index is 12.7. The van der Waals surface area contributed by atoms with Crippen molar-refractivity contribution in [2.75, 3.05) is 7.11 Å². The van der Waals surface area contributed by atoms with Crippen LogP contribution < -0.4 is 10.1 Å². The molecule has 1 heterocycles. The van der Waals surface area contributed by atoms with Gasteiger partial charge >= 0.3 is 0 Å². The molecule has 4 rings (SSSR count). The Labute approximate surface area is 176 Å². The van der Waals surface area contributed by atoms with Gasteiger partial charge in [0.25, 0.3) is 5.91 Å². The highest BCUT2D eigenvalue weighted by molar-refractivity contribution is 5.98. The minimum absolute atomic E-state index is 0.0383. The Kier molecular flexibility index (Phi) is 6.09. The van der Waals surface area contributed by atoms with Crippen molar-refractivity contribution in [2.45, 2.75) is 25.0 Å². The van der Waals surface area contributed by atoms with E-state index < -0.39 is 6.10 Å². The minimum Gasteiger partial charge on any atom is -0.497 e. The van der Waals surface area contributed by atoms with Crippen molar-refractivity contribution in [3.8, 4) is 5.75 Å². The summed E-state index contributed by atoms with van der Waals surface area (Å²) in [5.41, 5.74) is 4.08. The standard InChI is InChI=1S/C25H24N2O3/c1-29-21-14-8-9-18(15-21)17-26-25(28)23-16-22(27-30-23)24(19-10-4-2-5-11-19)20-12-6-3-7-13-20/h2-15,23-24H,16-17H2,1H3,(H,26,28). The number of benzene rings is 3. The lowest BCUT2D eigenvalue weighted by molar-refractivity contribution is -0.131. The van der Waals surface area contributed by atoms with Gasteiger partial charge in [0, 0.05) is 13.0 Å². The predicted octanol–water partition coefficient (Wildman–Crippen LogP) is 4.29. The summed E-state index contributed by atoms with van der Waals surface area (Å²) in [6.45, 7) is 0.409. The smallest absolute Gasteiger partial charge is 0.264 e. The van der Waals surface area contributed by atoms with Gasteiger partial charge in [-0.1, -0.05) is 78.0 Å². The number of carbonyl (C=O) groups excluding carboxylic acids is 1. The normalized spacial score (nSPS) is 15.4. The molecule has 0 bridgehead atoms. The summed E-state index contributed by atoms with van der Waals surface area (Å²) in [7, 11) is 1.62. The third kappa shape index (κ3) is 4.51. The van der Waals surface area contributed by atoms with E-state index in [1.54, 1.807) is 7.11 Å². The first kappa shape index (κ1) is 19.7. The number of rotatable bonds is 7. The Morgan fingerprint density at radius 3 is 2.33 bits per heavy atom. The van der Waals surface area contributed by atoms with E-state index in [0.29, 0.717) is 13.0 Å². The first-order valence-corrected chi connectivity index (χ1v) is 9.97. The van der Waals surface area contributed by atoms with Crippen LogP contribution in [0.1, 0.15) is 29.0 Å². The topological polar surface area (TPSA) is 59.9 Å². The Balaban J connectivity index is 1.44. The maximum Gasteiger partial charge on any atom is 0.264 e. The second-order valence-electron chi connectivity index (χ2n) is 7.20. The zero-order valence-electron chi connectivity index (χ0n) is 16.8. The fourth-order valence-corrected chi connectivity index (χ4v) is 3.66. The molecular formula is C25H24N2O3. The molecule has 0 spiro atoms. The molecule has 0 aliphatic carbocycles. The number of nitrogens with one attached hydrogen (secondary N) is 1. The molecule has 1 unspecified atom stereocenters. The quantitative estimate of drug-likeness (QED) is 0.644. The molecule has 5 heteroatoms. The third-order valence-electron chi connectivity index (χ3n) is 5.18. The fraction of sp³-hybridized carbons (Fsp3) is 0.200. The minimum atomic E-state index is -0.625. The van der Waals surface area contributed by atoms with E-state index in [-0.39, 0.29) is 11.8 Å². The number of ether oxygens (including phenoxy) is 1. The summed E-state index contributed by atoms with van der Waals surface area (Å²) in [4.78, 5) is 18.2. The number of carbonyl (C=O) groups is 1. The average Bonchev–Trinajstić information content (AvgIpc) is 3.29. The van der Waals surface area contributed by atoms with Gasteiger partial charge in [0.1, 0.15) is 5.75 Å². The Hall–Kier alpha value is -3.60. The van der Waals surface area contributed by atoms with Gasteiger partial charge in [-0.15, -0.1) is 0 Å². The van der Waals surface area contributed by atoms with E-state index in [1.165, 1.54) is 0 Å². The van der Waals surface area contributed by atoms with Gasteiger partial charge < -0.3 is 14.9 Å². The number of methoxy groups -OCH3 is 1. The third-order valence-corrected chi connectivity index (χ3v) is 5.18. The van der Waals surface area contributed by atoms with Crippen LogP contribution in [0.3, 0.4) is 0 Å².